The van der Waals surface area contributed by atoms with Gasteiger partial charge in [0, 0.05) is 11.0 Å². The minimum atomic E-state index is -0.914. The third kappa shape index (κ3) is 4.28. The molecule has 0 spiro atoms. The second-order valence-corrected chi connectivity index (χ2v) is 6.08. The van der Waals surface area contributed by atoms with Gasteiger partial charge in [0.05, 0.1) is 32.1 Å². The van der Waals surface area contributed by atoms with Crippen LogP contribution in [0.1, 0.15) is 17.5 Å². The molecular weight excluding hydrogens is 338 g/mol. The zero-order chi connectivity index (χ0) is 15.4. The van der Waals surface area contributed by atoms with Crippen molar-refractivity contribution in [3.05, 3.63) is 33.8 Å². The number of hydrogen-bond acceptors (Lipinski definition) is 3. The summed E-state index contributed by atoms with van der Waals surface area (Å²) < 4.78 is 6.27. The Labute approximate surface area is 132 Å². The fraction of sp³-hybridized carbons (Fsp3) is 0.467. The molecule has 1 fully saturated rings. The molecule has 5 nitrogen and oxygen atoms in total. The van der Waals surface area contributed by atoms with Gasteiger partial charge < -0.3 is 14.7 Å². The van der Waals surface area contributed by atoms with E-state index in [0.717, 1.165) is 15.6 Å². The molecule has 6 heteroatoms. The SMILES string of the molecule is Cc1cc(Br)ccc1CC(=O)N1CCOCC1CC(=O)O. The minimum absolute atomic E-state index is 0.0463. The molecule has 1 unspecified atom stereocenters. The molecular formula is C15H18BrNO4. The van der Waals surface area contributed by atoms with Crippen molar-refractivity contribution < 1.29 is 19.4 Å². The van der Waals surface area contributed by atoms with E-state index in [9.17, 15) is 9.59 Å². The van der Waals surface area contributed by atoms with Gasteiger partial charge >= 0.3 is 5.97 Å². The molecule has 0 radical (unpaired) electrons. The number of morpholine rings is 1. The number of carbonyl (C=O) groups excluding carboxylic acids is 1. The van der Waals surface area contributed by atoms with Crippen LogP contribution in [0.5, 0.6) is 0 Å². The minimum Gasteiger partial charge on any atom is -0.481 e. The van der Waals surface area contributed by atoms with Crippen LogP contribution in [-0.2, 0) is 20.7 Å². The molecule has 0 aromatic heterocycles. The third-order valence-corrected chi connectivity index (χ3v) is 4.10. The highest BCUT2D eigenvalue weighted by molar-refractivity contribution is 9.10. The molecule has 1 saturated heterocycles. The Kier molecular flexibility index (Phi) is 5.36. The molecule has 1 heterocycles. The van der Waals surface area contributed by atoms with Gasteiger partial charge in [-0.3, -0.25) is 9.59 Å². The number of aryl methyl sites for hydroxylation is 1. The van der Waals surface area contributed by atoms with Crippen molar-refractivity contribution in [3.8, 4) is 0 Å². The molecule has 1 aliphatic heterocycles. The van der Waals surface area contributed by atoms with Crippen molar-refractivity contribution in [1.29, 1.82) is 0 Å². The van der Waals surface area contributed by atoms with E-state index in [1.165, 1.54) is 0 Å². The number of aliphatic carboxylic acids is 1. The van der Waals surface area contributed by atoms with Gasteiger partial charge in [0.2, 0.25) is 5.91 Å². The van der Waals surface area contributed by atoms with Crippen molar-refractivity contribution in [2.45, 2.75) is 25.8 Å². The number of ether oxygens (including phenoxy) is 1. The van der Waals surface area contributed by atoms with E-state index in [2.05, 4.69) is 15.9 Å². The molecule has 2 rings (SSSR count). The Bertz CT molecular complexity index is 546. The number of amides is 1. The first kappa shape index (κ1) is 16.0. The van der Waals surface area contributed by atoms with E-state index in [-0.39, 0.29) is 31.4 Å². The lowest BCUT2D eigenvalue weighted by atomic mass is 10.0. The molecule has 1 atom stereocenters. The van der Waals surface area contributed by atoms with Crippen molar-refractivity contribution in [2.24, 2.45) is 0 Å². The summed E-state index contributed by atoms with van der Waals surface area (Å²) in [6, 6.07) is 5.42. The Balaban J connectivity index is 2.08. The standard InChI is InChI=1S/C15H18BrNO4/c1-10-6-12(16)3-2-11(10)7-14(18)17-4-5-21-9-13(17)8-15(19)20/h2-3,6,13H,4-5,7-9H2,1H3,(H,19,20). The number of benzene rings is 1. The number of halogens is 1. The topological polar surface area (TPSA) is 66.8 Å². The van der Waals surface area contributed by atoms with Crippen LogP contribution in [0, 0.1) is 6.92 Å². The van der Waals surface area contributed by atoms with E-state index < -0.39 is 5.97 Å². The summed E-state index contributed by atoms with van der Waals surface area (Å²) >= 11 is 3.40. The molecule has 1 amide bonds. The van der Waals surface area contributed by atoms with Crippen LogP contribution in [0.15, 0.2) is 22.7 Å². The highest BCUT2D eigenvalue weighted by Crippen LogP contribution is 2.18. The largest absolute Gasteiger partial charge is 0.481 e. The Morgan fingerprint density at radius 1 is 1.48 bits per heavy atom. The van der Waals surface area contributed by atoms with Crippen LogP contribution in [0.2, 0.25) is 0 Å². The van der Waals surface area contributed by atoms with Crippen LogP contribution in [0.4, 0.5) is 0 Å². The molecule has 1 aliphatic rings. The zero-order valence-corrected chi connectivity index (χ0v) is 13.4. The molecule has 1 aromatic rings. The van der Waals surface area contributed by atoms with Gasteiger partial charge in [-0.05, 0) is 30.2 Å². The van der Waals surface area contributed by atoms with Crippen molar-refractivity contribution >= 4 is 27.8 Å². The van der Waals surface area contributed by atoms with Gasteiger partial charge in [-0.2, -0.15) is 0 Å². The number of hydrogen-bond donors (Lipinski definition) is 1. The second kappa shape index (κ2) is 7.04. The number of carboxylic acids is 1. The van der Waals surface area contributed by atoms with Gasteiger partial charge in [0.25, 0.3) is 0 Å². The lowest BCUT2D eigenvalue weighted by Gasteiger charge is -2.35. The summed E-state index contributed by atoms with van der Waals surface area (Å²) in [7, 11) is 0. The lowest BCUT2D eigenvalue weighted by Crippen LogP contribution is -2.50. The zero-order valence-electron chi connectivity index (χ0n) is 11.8. The summed E-state index contributed by atoms with van der Waals surface area (Å²) in [6.07, 6.45) is 0.209. The van der Waals surface area contributed by atoms with Gasteiger partial charge in [0.1, 0.15) is 0 Å². The van der Waals surface area contributed by atoms with E-state index in [1.807, 2.05) is 25.1 Å². The summed E-state index contributed by atoms with van der Waals surface area (Å²) in [5, 5.41) is 8.93. The normalized spacial score (nSPS) is 18.6. The van der Waals surface area contributed by atoms with Crippen LogP contribution in [-0.4, -0.2) is 47.7 Å². The van der Waals surface area contributed by atoms with Crippen LogP contribution >= 0.6 is 15.9 Å². The highest BCUT2D eigenvalue weighted by Gasteiger charge is 2.29. The predicted octanol–water partition coefficient (Wildman–Crippen LogP) is 2.00. The molecule has 1 N–H and O–H groups in total. The van der Waals surface area contributed by atoms with Gasteiger partial charge in [-0.15, -0.1) is 0 Å². The average molecular weight is 356 g/mol. The number of carboxylic acid groups (broad SMARTS) is 1. The van der Waals surface area contributed by atoms with Crippen molar-refractivity contribution in [2.75, 3.05) is 19.8 Å². The van der Waals surface area contributed by atoms with Crippen LogP contribution < -0.4 is 0 Å². The van der Waals surface area contributed by atoms with E-state index in [1.54, 1.807) is 4.90 Å². The van der Waals surface area contributed by atoms with Gasteiger partial charge in [-0.25, -0.2) is 0 Å². The first-order valence-corrected chi connectivity index (χ1v) is 7.60. The fourth-order valence-electron chi connectivity index (χ4n) is 2.48. The first-order chi connectivity index (χ1) is 9.97. The number of rotatable bonds is 4. The maximum atomic E-state index is 12.5. The lowest BCUT2D eigenvalue weighted by molar-refractivity contribution is -0.145. The highest BCUT2D eigenvalue weighted by atomic mass is 79.9. The van der Waals surface area contributed by atoms with Crippen molar-refractivity contribution in [1.82, 2.24) is 4.90 Å². The third-order valence-electron chi connectivity index (χ3n) is 3.60. The Hall–Kier alpha value is -1.40. The van der Waals surface area contributed by atoms with E-state index in [4.69, 9.17) is 9.84 Å². The fourth-order valence-corrected chi connectivity index (χ4v) is 2.95. The second-order valence-electron chi connectivity index (χ2n) is 5.16. The van der Waals surface area contributed by atoms with Gasteiger partial charge in [-0.1, -0.05) is 22.0 Å². The molecule has 0 saturated carbocycles. The molecule has 0 bridgehead atoms. The number of carbonyl (C=O) groups is 2. The average Bonchev–Trinajstić information content (AvgIpc) is 2.42. The summed E-state index contributed by atoms with van der Waals surface area (Å²) in [4.78, 5) is 25.0. The molecule has 0 aliphatic carbocycles. The summed E-state index contributed by atoms with van der Waals surface area (Å²) in [5.41, 5.74) is 2.00. The quantitative estimate of drug-likeness (QED) is 0.896. The maximum Gasteiger partial charge on any atom is 0.305 e. The van der Waals surface area contributed by atoms with Crippen LogP contribution in [0.25, 0.3) is 0 Å². The van der Waals surface area contributed by atoms with Gasteiger partial charge in [0.15, 0.2) is 0 Å². The summed E-state index contributed by atoms with van der Waals surface area (Å²) in [6.45, 7) is 3.16. The maximum absolute atomic E-state index is 12.5. The molecule has 1 aromatic carbocycles. The summed E-state index contributed by atoms with van der Waals surface area (Å²) in [5.74, 6) is -0.960. The molecule has 21 heavy (non-hydrogen) atoms. The molecule has 114 valence electrons. The monoisotopic (exact) mass is 355 g/mol. The Morgan fingerprint density at radius 2 is 2.24 bits per heavy atom. The first-order valence-electron chi connectivity index (χ1n) is 6.81. The Morgan fingerprint density at radius 3 is 2.90 bits per heavy atom. The van der Waals surface area contributed by atoms with Crippen LogP contribution in [0.3, 0.4) is 0 Å². The van der Waals surface area contributed by atoms with Crippen molar-refractivity contribution in [3.63, 3.8) is 0 Å². The predicted molar refractivity (Wildman–Crippen MR) is 81.2 cm³/mol. The smallest absolute Gasteiger partial charge is 0.305 e. The number of nitrogens with zero attached hydrogens (tertiary/aromatic N) is 1. The van der Waals surface area contributed by atoms with E-state index >= 15 is 0 Å². The van der Waals surface area contributed by atoms with E-state index in [0.29, 0.717) is 13.2 Å².